The first-order valence-electron chi connectivity index (χ1n) is 10.9. The predicted octanol–water partition coefficient (Wildman–Crippen LogP) is 6.09. The molecule has 0 fully saturated rings. The third-order valence-corrected chi connectivity index (χ3v) is 7.47. The van der Waals surface area contributed by atoms with Gasteiger partial charge in [0.2, 0.25) is 0 Å². The van der Waals surface area contributed by atoms with E-state index < -0.39 is 11.7 Å². The second-order valence-corrected chi connectivity index (χ2v) is 9.51. The molecule has 0 unspecified atom stereocenters. The topological polar surface area (TPSA) is 41.1 Å². The van der Waals surface area contributed by atoms with E-state index in [0.29, 0.717) is 10.8 Å². The molecule has 1 atom stereocenters. The summed E-state index contributed by atoms with van der Waals surface area (Å²) in [6.07, 6.45) is 1.88. The smallest absolute Gasteiger partial charge is 0.254 e. The van der Waals surface area contributed by atoms with Gasteiger partial charge in [-0.2, -0.15) is 0 Å². The number of fused-ring (bicyclic) bond motifs is 1. The van der Waals surface area contributed by atoms with Crippen LogP contribution in [0.1, 0.15) is 45.6 Å². The largest absolute Gasteiger partial charge is 0.345 e. The van der Waals surface area contributed by atoms with Crippen molar-refractivity contribution in [1.29, 1.82) is 0 Å². The van der Waals surface area contributed by atoms with E-state index in [0.717, 1.165) is 42.0 Å². The first kappa shape index (κ1) is 23.7. The van der Waals surface area contributed by atoms with Gasteiger partial charge in [0.25, 0.3) is 5.91 Å². The lowest BCUT2D eigenvalue weighted by Gasteiger charge is -2.16. The van der Waals surface area contributed by atoms with Crippen molar-refractivity contribution in [2.75, 3.05) is 13.1 Å². The maximum atomic E-state index is 14.8. The van der Waals surface area contributed by atoms with E-state index in [-0.39, 0.29) is 17.4 Å². The Kier molecular flexibility index (Phi) is 7.68. The van der Waals surface area contributed by atoms with Gasteiger partial charge in [0, 0.05) is 10.6 Å². The van der Waals surface area contributed by atoms with Crippen molar-refractivity contribution in [3.05, 3.63) is 99.1 Å². The van der Waals surface area contributed by atoms with Crippen molar-refractivity contribution < 1.29 is 13.6 Å². The summed E-state index contributed by atoms with van der Waals surface area (Å²) in [5, 5.41) is 6.89. The first-order chi connectivity index (χ1) is 15.9. The average Bonchev–Trinajstić information content (AvgIpc) is 3.04. The molecule has 0 bridgehead atoms. The minimum atomic E-state index is -0.570. The van der Waals surface area contributed by atoms with Gasteiger partial charge in [-0.15, -0.1) is 11.8 Å². The molecule has 1 aliphatic heterocycles. The van der Waals surface area contributed by atoms with Gasteiger partial charge in [0.15, 0.2) is 0 Å². The molecule has 2 N–H and O–H groups in total. The number of benzene rings is 3. The fourth-order valence-corrected chi connectivity index (χ4v) is 5.41. The Hall–Kier alpha value is -2.41. The Bertz CT molecular complexity index is 1150. The number of carbonyl (C=O) groups is 1. The number of carbonyl (C=O) groups excluding carboxylic acids is 1. The molecule has 0 aromatic heterocycles. The quantitative estimate of drug-likeness (QED) is 0.414. The molecule has 0 saturated heterocycles. The predicted molar refractivity (Wildman–Crippen MR) is 130 cm³/mol. The van der Waals surface area contributed by atoms with E-state index in [9.17, 15) is 13.6 Å². The summed E-state index contributed by atoms with van der Waals surface area (Å²) in [5.41, 5.74) is 4.08. The van der Waals surface area contributed by atoms with Crippen molar-refractivity contribution in [2.24, 2.45) is 0 Å². The second kappa shape index (κ2) is 10.7. The molecule has 0 spiro atoms. The molecule has 3 aromatic rings. The zero-order valence-electron chi connectivity index (χ0n) is 18.3. The van der Waals surface area contributed by atoms with Crippen molar-refractivity contribution in [3.63, 3.8) is 0 Å². The van der Waals surface area contributed by atoms with Gasteiger partial charge in [-0.25, -0.2) is 8.78 Å². The maximum Gasteiger partial charge on any atom is 0.254 e. The molecule has 4 rings (SSSR count). The Balaban J connectivity index is 1.44. The zero-order valence-corrected chi connectivity index (χ0v) is 19.8. The van der Waals surface area contributed by atoms with Crippen LogP contribution in [0.25, 0.3) is 0 Å². The highest BCUT2D eigenvalue weighted by molar-refractivity contribution is 7.98. The van der Waals surface area contributed by atoms with Gasteiger partial charge in [-0.05, 0) is 85.4 Å². The fraction of sp³-hybridized carbons (Fsp3) is 0.269. The molecule has 0 saturated carbocycles. The average molecular weight is 487 g/mol. The summed E-state index contributed by atoms with van der Waals surface area (Å²) in [6.45, 7) is 3.64. The summed E-state index contributed by atoms with van der Waals surface area (Å²) in [6, 6.07) is 14.2. The molecular formula is C26H25ClF2N2OS. The van der Waals surface area contributed by atoms with E-state index in [4.69, 9.17) is 11.6 Å². The minimum absolute atomic E-state index is 0.0182. The molecule has 33 heavy (non-hydrogen) atoms. The van der Waals surface area contributed by atoms with Crippen molar-refractivity contribution in [1.82, 2.24) is 10.6 Å². The summed E-state index contributed by atoms with van der Waals surface area (Å²) in [4.78, 5) is 13.6. The van der Waals surface area contributed by atoms with Crippen LogP contribution >= 0.6 is 23.4 Å². The molecule has 1 aliphatic rings. The summed E-state index contributed by atoms with van der Waals surface area (Å²) < 4.78 is 27.9. The van der Waals surface area contributed by atoms with Crippen LogP contribution in [0.2, 0.25) is 5.02 Å². The van der Waals surface area contributed by atoms with Crippen molar-refractivity contribution in [2.45, 2.75) is 36.5 Å². The number of thioether (sulfide) groups is 1. The van der Waals surface area contributed by atoms with Crippen LogP contribution in [0.5, 0.6) is 0 Å². The number of hydrogen-bond acceptors (Lipinski definition) is 3. The van der Waals surface area contributed by atoms with Gasteiger partial charge >= 0.3 is 0 Å². The zero-order chi connectivity index (χ0) is 23.4. The molecule has 7 heteroatoms. The minimum Gasteiger partial charge on any atom is -0.345 e. The van der Waals surface area contributed by atoms with Crippen LogP contribution in [0.4, 0.5) is 8.78 Å². The lowest BCUT2D eigenvalue weighted by atomic mass is 10.0. The van der Waals surface area contributed by atoms with Gasteiger partial charge in [0.05, 0.1) is 16.6 Å². The second-order valence-electron chi connectivity index (χ2n) is 8.11. The number of rotatable bonds is 6. The van der Waals surface area contributed by atoms with E-state index in [1.807, 2.05) is 6.07 Å². The van der Waals surface area contributed by atoms with E-state index in [1.54, 1.807) is 36.9 Å². The Labute approximate surface area is 201 Å². The monoisotopic (exact) mass is 486 g/mol. The molecule has 3 aromatic carbocycles. The lowest BCUT2D eigenvalue weighted by molar-refractivity contribution is 0.0936. The number of halogens is 3. The SMILES string of the molecule is C[C@@H](NC(=O)c1ccc(CSc2c(Cl)ccc3c2CCNCC3)cc1F)c1ccc(F)cc1. The Morgan fingerprint density at radius 3 is 2.61 bits per heavy atom. The molecule has 1 heterocycles. The van der Waals surface area contributed by atoms with E-state index in [2.05, 4.69) is 16.7 Å². The lowest BCUT2D eigenvalue weighted by Crippen LogP contribution is -2.27. The summed E-state index contributed by atoms with van der Waals surface area (Å²) in [7, 11) is 0. The number of nitrogens with one attached hydrogen (secondary N) is 2. The van der Waals surface area contributed by atoms with Crippen LogP contribution in [-0.4, -0.2) is 19.0 Å². The third-order valence-electron chi connectivity index (χ3n) is 5.81. The van der Waals surface area contributed by atoms with Gasteiger partial charge in [-0.3, -0.25) is 4.79 Å². The normalized spacial score (nSPS) is 14.3. The van der Waals surface area contributed by atoms with Crippen LogP contribution in [0.15, 0.2) is 59.5 Å². The highest BCUT2D eigenvalue weighted by atomic mass is 35.5. The van der Waals surface area contributed by atoms with Crippen LogP contribution in [-0.2, 0) is 18.6 Å². The van der Waals surface area contributed by atoms with Crippen molar-refractivity contribution in [3.8, 4) is 0 Å². The Morgan fingerprint density at radius 2 is 1.85 bits per heavy atom. The summed E-state index contributed by atoms with van der Waals surface area (Å²) >= 11 is 8.10. The molecular weight excluding hydrogens is 462 g/mol. The number of hydrogen-bond donors (Lipinski definition) is 2. The molecule has 1 amide bonds. The highest BCUT2D eigenvalue weighted by Crippen LogP contribution is 2.36. The molecule has 0 aliphatic carbocycles. The van der Waals surface area contributed by atoms with Gasteiger partial charge in [-0.1, -0.05) is 35.9 Å². The van der Waals surface area contributed by atoms with Crippen molar-refractivity contribution >= 4 is 29.3 Å². The molecule has 0 radical (unpaired) electrons. The van der Waals surface area contributed by atoms with Crippen LogP contribution < -0.4 is 10.6 Å². The van der Waals surface area contributed by atoms with E-state index >= 15 is 0 Å². The van der Waals surface area contributed by atoms with Crippen LogP contribution in [0, 0.1) is 11.6 Å². The standard InChI is InChI=1S/C26H25ClF2N2OS/c1-16(18-3-6-20(28)7-4-18)31-26(32)22-8-2-17(14-24(22)29)15-33-25-21-11-13-30-12-10-19(21)5-9-23(25)27/h2-9,14,16,30H,10-13,15H2,1H3,(H,31,32)/t16-/m1/s1. The fourth-order valence-electron chi connectivity index (χ4n) is 3.96. The molecule has 3 nitrogen and oxygen atoms in total. The third kappa shape index (κ3) is 5.75. The Morgan fingerprint density at radius 1 is 1.09 bits per heavy atom. The molecule has 172 valence electrons. The maximum absolute atomic E-state index is 14.8. The summed E-state index contributed by atoms with van der Waals surface area (Å²) in [5.74, 6) is -0.873. The van der Waals surface area contributed by atoms with Crippen LogP contribution in [0.3, 0.4) is 0 Å². The van der Waals surface area contributed by atoms with E-state index in [1.165, 1.54) is 35.4 Å². The van der Waals surface area contributed by atoms with Gasteiger partial charge in [0.1, 0.15) is 11.6 Å². The number of amides is 1. The first-order valence-corrected chi connectivity index (χ1v) is 12.3. The van der Waals surface area contributed by atoms with Gasteiger partial charge < -0.3 is 10.6 Å². The highest BCUT2D eigenvalue weighted by Gasteiger charge is 2.18.